The molecule has 10 heteroatoms. The molecule has 0 aliphatic rings. The van der Waals surface area contributed by atoms with E-state index in [1.54, 1.807) is 36.4 Å². The highest BCUT2D eigenvalue weighted by Gasteiger charge is 2.33. The van der Waals surface area contributed by atoms with Gasteiger partial charge in [-0.3, -0.25) is 4.98 Å². The first-order valence-electron chi connectivity index (χ1n) is 9.17. The zero-order chi connectivity index (χ0) is 22.0. The van der Waals surface area contributed by atoms with Crippen LogP contribution in [0.2, 0.25) is 0 Å². The number of aromatic nitrogens is 5. The van der Waals surface area contributed by atoms with E-state index in [2.05, 4.69) is 20.1 Å². The third-order valence-electron chi connectivity index (χ3n) is 4.44. The molecular formula is C21H14F5N5. The number of nitrogens with zero attached hydrogens (tertiary/aromatic N) is 5. The van der Waals surface area contributed by atoms with Crippen molar-refractivity contribution in [3.63, 3.8) is 0 Å². The van der Waals surface area contributed by atoms with Gasteiger partial charge in [0.25, 0.3) is 0 Å². The van der Waals surface area contributed by atoms with Gasteiger partial charge in [-0.2, -0.15) is 32.0 Å². The fraction of sp³-hybridized carbons (Fsp3) is 0.143. The zero-order valence-corrected chi connectivity index (χ0v) is 15.8. The topological polar surface area (TPSA) is 56.5 Å². The molecule has 158 valence electrons. The maximum Gasteiger partial charge on any atom is 0.435 e. The average molecular weight is 431 g/mol. The largest absolute Gasteiger partial charge is 0.435 e. The lowest BCUT2D eigenvalue weighted by molar-refractivity contribution is -0.141. The minimum absolute atomic E-state index is 0.0857. The molecule has 0 fully saturated rings. The van der Waals surface area contributed by atoms with Crippen LogP contribution in [0.15, 0.2) is 60.8 Å². The van der Waals surface area contributed by atoms with Crippen molar-refractivity contribution in [2.75, 3.05) is 0 Å². The summed E-state index contributed by atoms with van der Waals surface area (Å²) in [5.74, 6) is -1.60. The second kappa shape index (κ2) is 8.21. The summed E-state index contributed by atoms with van der Waals surface area (Å²) in [5.41, 5.74) is 0.682. The first kappa shape index (κ1) is 20.6. The Kier molecular flexibility index (Phi) is 5.45. The minimum Gasteiger partial charge on any atom is -0.253 e. The van der Waals surface area contributed by atoms with Crippen LogP contribution < -0.4 is 0 Å². The summed E-state index contributed by atoms with van der Waals surface area (Å²) in [7, 11) is 0. The van der Waals surface area contributed by atoms with Crippen molar-refractivity contribution >= 4 is 0 Å². The van der Waals surface area contributed by atoms with Crippen molar-refractivity contribution in [2.24, 2.45) is 0 Å². The van der Waals surface area contributed by atoms with Gasteiger partial charge in [0.05, 0.1) is 11.3 Å². The fourth-order valence-electron chi connectivity index (χ4n) is 2.96. The van der Waals surface area contributed by atoms with E-state index in [4.69, 9.17) is 0 Å². The Morgan fingerprint density at radius 3 is 2.16 bits per heavy atom. The molecule has 0 unspecified atom stereocenters. The highest BCUT2D eigenvalue weighted by Crippen LogP contribution is 2.27. The van der Waals surface area contributed by atoms with E-state index in [0.29, 0.717) is 29.9 Å². The van der Waals surface area contributed by atoms with Crippen LogP contribution in [-0.2, 0) is 19.0 Å². The summed E-state index contributed by atoms with van der Waals surface area (Å²) in [6.45, 7) is 0. The predicted octanol–water partition coefficient (Wildman–Crippen LogP) is 4.81. The molecule has 0 bridgehead atoms. The van der Waals surface area contributed by atoms with Crippen molar-refractivity contribution in [1.29, 1.82) is 0 Å². The fourth-order valence-corrected chi connectivity index (χ4v) is 2.96. The van der Waals surface area contributed by atoms with Gasteiger partial charge >= 0.3 is 6.18 Å². The van der Waals surface area contributed by atoms with E-state index in [1.807, 2.05) is 0 Å². The lowest BCUT2D eigenvalue weighted by Crippen LogP contribution is -2.08. The highest BCUT2D eigenvalue weighted by atomic mass is 19.4. The second-order valence-corrected chi connectivity index (χ2v) is 6.62. The van der Waals surface area contributed by atoms with Crippen molar-refractivity contribution < 1.29 is 22.0 Å². The average Bonchev–Trinajstić information content (AvgIpc) is 3.24. The lowest BCUT2D eigenvalue weighted by Gasteiger charge is -2.07. The molecule has 0 amide bonds. The van der Waals surface area contributed by atoms with Crippen molar-refractivity contribution in [3.8, 4) is 17.1 Å². The normalized spacial score (nSPS) is 11.6. The monoisotopic (exact) mass is 431 g/mol. The molecule has 4 aromatic heterocycles. The third kappa shape index (κ3) is 4.73. The lowest BCUT2D eigenvalue weighted by atomic mass is 10.1. The van der Waals surface area contributed by atoms with Gasteiger partial charge in [0.15, 0.2) is 11.5 Å². The summed E-state index contributed by atoms with van der Waals surface area (Å²) in [6, 6.07) is 13.2. The SMILES string of the molecule is Fc1ccc(-c2cccc(CCc3cccc(-n4ccc(C(F)(F)F)n4)n3)n2)c(F)n1. The molecule has 4 rings (SSSR count). The van der Waals surface area contributed by atoms with Crippen LogP contribution in [0.5, 0.6) is 0 Å². The smallest absolute Gasteiger partial charge is 0.253 e. The number of hydrogen-bond donors (Lipinski definition) is 0. The number of hydrogen-bond acceptors (Lipinski definition) is 4. The molecular weight excluding hydrogens is 417 g/mol. The van der Waals surface area contributed by atoms with Gasteiger partial charge < -0.3 is 0 Å². The van der Waals surface area contributed by atoms with Gasteiger partial charge in [-0.05, 0) is 55.3 Å². The van der Waals surface area contributed by atoms with Gasteiger partial charge in [0, 0.05) is 17.6 Å². The van der Waals surface area contributed by atoms with E-state index >= 15 is 0 Å². The molecule has 31 heavy (non-hydrogen) atoms. The predicted molar refractivity (Wildman–Crippen MR) is 101 cm³/mol. The van der Waals surface area contributed by atoms with Crippen LogP contribution in [0, 0.1) is 11.9 Å². The molecule has 0 N–H and O–H groups in total. The molecule has 0 spiro atoms. The summed E-state index contributed by atoms with van der Waals surface area (Å²) in [4.78, 5) is 11.9. The van der Waals surface area contributed by atoms with E-state index < -0.39 is 23.8 Å². The number of halogens is 5. The Morgan fingerprint density at radius 1 is 0.774 bits per heavy atom. The molecule has 0 aromatic carbocycles. The number of pyridine rings is 3. The van der Waals surface area contributed by atoms with Gasteiger partial charge in [-0.25, -0.2) is 9.67 Å². The van der Waals surface area contributed by atoms with Gasteiger partial charge in [0.2, 0.25) is 11.9 Å². The Hall–Kier alpha value is -3.69. The van der Waals surface area contributed by atoms with Crippen molar-refractivity contribution in [3.05, 3.63) is 89.8 Å². The Labute approximate surface area is 173 Å². The van der Waals surface area contributed by atoms with E-state index in [1.165, 1.54) is 12.3 Å². The Balaban J connectivity index is 1.50. The first-order chi connectivity index (χ1) is 14.8. The standard InChI is InChI=1S/C21H14F5N5/c22-18-10-9-15(20(23)29-18)16-5-1-3-13(27-16)7-8-14-4-2-6-19(28-14)31-12-11-17(30-31)21(24,25)26/h1-6,9-12H,7-8H2. The molecule has 4 heterocycles. The van der Waals surface area contributed by atoms with Crippen LogP contribution >= 0.6 is 0 Å². The summed E-state index contributed by atoms with van der Waals surface area (Å²) in [6.07, 6.45) is -2.43. The molecule has 0 atom stereocenters. The Morgan fingerprint density at radius 2 is 1.48 bits per heavy atom. The zero-order valence-electron chi connectivity index (χ0n) is 15.8. The number of aryl methyl sites for hydroxylation is 2. The first-order valence-corrected chi connectivity index (χ1v) is 9.17. The van der Waals surface area contributed by atoms with Crippen molar-refractivity contribution in [1.82, 2.24) is 24.7 Å². The maximum absolute atomic E-state index is 13.9. The van der Waals surface area contributed by atoms with Crippen LogP contribution in [-0.4, -0.2) is 24.7 Å². The Bertz CT molecular complexity index is 1220. The van der Waals surface area contributed by atoms with Crippen LogP contribution in [0.1, 0.15) is 17.1 Å². The van der Waals surface area contributed by atoms with Gasteiger partial charge in [-0.15, -0.1) is 0 Å². The third-order valence-corrected chi connectivity index (χ3v) is 4.44. The number of alkyl halides is 3. The minimum atomic E-state index is -4.53. The van der Waals surface area contributed by atoms with E-state index in [0.717, 1.165) is 16.8 Å². The summed E-state index contributed by atoms with van der Waals surface area (Å²) in [5, 5.41) is 3.52. The van der Waals surface area contributed by atoms with Gasteiger partial charge in [-0.1, -0.05) is 12.1 Å². The highest BCUT2D eigenvalue weighted by molar-refractivity contribution is 5.58. The van der Waals surface area contributed by atoms with Crippen LogP contribution in [0.25, 0.3) is 17.1 Å². The maximum atomic E-state index is 13.9. The summed E-state index contributed by atoms with van der Waals surface area (Å²) < 4.78 is 66.3. The molecule has 0 radical (unpaired) electrons. The van der Waals surface area contributed by atoms with E-state index in [-0.39, 0.29) is 11.4 Å². The molecule has 0 aliphatic carbocycles. The quantitative estimate of drug-likeness (QED) is 0.336. The molecule has 0 aliphatic heterocycles. The van der Waals surface area contributed by atoms with Crippen molar-refractivity contribution in [2.45, 2.75) is 19.0 Å². The van der Waals surface area contributed by atoms with Gasteiger partial charge in [0.1, 0.15) is 0 Å². The molecule has 5 nitrogen and oxygen atoms in total. The molecule has 4 aromatic rings. The van der Waals surface area contributed by atoms with Crippen LogP contribution in [0.4, 0.5) is 22.0 Å². The second-order valence-electron chi connectivity index (χ2n) is 6.62. The van der Waals surface area contributed by atoms with E-state index in [9.17, 15) is 22.0 Å². The molecule has 0 saturated heterocycles. The van der Waals surface area contributed by atoms with Crippen LogP contribution in [0.3, 0.4) is 0 Å². The summed E-state index contributed by atoms with van der Waals surface area (Å²) >= 11 is 0. The number of rotatable bonds is 5. The molecule has 0 saturated carbocycles.